The Kier molecular flexibility index (Phi) is 6.34. The number of fused-ring (bicyclic) bond motifs is 2. The summed E-state index contributed by atoms with van der Waals surface area (Å²) in [7, 11) is 0. The van der Waals surface area contributed by atoms with Crippen LogP contribution in [0.1, 0.15) is 5.56 Å². The monoisotopic (exact) mass is 672 g/mol. The molecule has 0 N–H and O–H groups in total. The van der Waals surface area contributed by atoms with Gasteiger partial charge in [0.2, 0.25) is 5.82 Å². The summed E-state index contributed by atoms with van der Waals surface area (Å²) in [5.74, 6) is 1.41. The van der Waals surface area contributed by atoms with Crippen molar-refractivity contribution in [1.82, 2.24) is 9.66 Å². The second kappa shape index (κ2) is 9.55. The first-order valence-electron chi connectivity index (χ1n) is 10.1. The van der Waals surface area contributed by atoms with Gasteiger partial charge >= 0.3 is 0 Å². The second-order valence-electron chi connectivity index (χ2n) is 7.22. The van der Waals surface area contributed by atoms with E-state index in [1.807, 2.05) is 54.6 Å². The summed E-state index contributed by atoms with van der Waals surface area (Å²) < 4.78 is 14.4. The van der Waals surface area contributed by atoms with Gasteiger partial charge in [0.15, 0.2) is 12.4 Å². The largest absolute Gasteiger partial charge is 0.477 e. The van der Waals surface area contributed by atoms with Crippen molar-refractivity contribution in [2.75, 3.05) is 6.61 Å². The molecule has 7 nitrogen and oxygen atoms in total. The molecule has 5 aromatic rings. The lowest BCUT2D eigenvalue weighted by molar-refractivity contribution is 0.363. The highest BCUT2D eigenvalue weighted by Crippen LogP contribution is 2.29. The molecule has 0 bridgehead atoms. The van der Waals surface area contributed by atoms with Gasteiger partial charge < -0.3 is 9.15 Å². The molecule has 2 heterocycles. The molecule has 0 saturated heterocycles. The van der Waals surface area contributed by atoms with E-state index in [9.17, 15) is 4.79 Å². The van der Waals surface area contributed by atoms with Gasteiger partial charge in [0.05, 0.1) is 24.3 Å². The number of hydrogen-bond donors (Lipinski definition) is 0. The number of benzene rings is 3. The third-order valence-corrected chi connectivity index (χ3v) is 6.63. The zero-order valence-electron chi connectivity index (χ0n) is 17.4. The first-order valence-corrected chi connectivity index (χ1v) is 12.2. The van der Waals surface area contributed by atoms with Crippen LogP contribution in [0.5, 0.6) is 5.75 Å². The van der Waals surface area contributed by atoms with Gasteiger partial charge in [-0.1, -0.05) is 30.3 Å². The summed E-state index contributed by atoms with van der Waals surface area (Å²) in [5, 5.41) is 14.7. The minimum absolute atomic E-state index is 0.0293. The molecule has 0 aliphatic carbocycles. The maximum Gasteiger partial charge on any atom is 0.282 e. The van der Waals surface area contributed by atoms with Crippen molar-refractivity contribution >= 4 is 73.3 Å². The third kappa shape index (κ3) is 4.30. The summed E-state index contributed by atoms with van der Waals surface area (Å²) in [4.78, 5) is 18.1. The van der Waals surface area contributed by atoms with Crippen LogP contribution in [0, 0.1) is 18.5 Å². The SMILES string of the molecule is N#CCOc1c(I)cc(C=Nn2c(-c3cc4ccccc4o3)nc3ccccc3c2=O)cc1I. The number of nitriles is 1. The number of aromatic nitrogens is 2. The van der Waals surface area contributed by atoms with Crippen LogP contribution in [0.4, 0.5) is 0 Å². The van der Waals surface area contributed by atoms with E-state index in [0.29, 0.717) is 33.8 Å². The predicted molar refractivity (Wildman–Crippen MR) is 147 cm³/mol. The number of ether oxygens (including phenoxy) is 1. The van der Waals surface area contributed by atoms with Crippen LogP contribution in [0.25, 0.3) is 33.5 Å². The van der Waals surface area contributed by atoms with Crippen molar-refractivity contribution in [3.05, 3.63) is 89.8 Å². The Hall–Kier alpha value is -3.24. The molecule has 9 heteroatoms. The molecule has 0 atom stereocenters. The molecule has 0 radical (unpaired) electrons. The van der Waals surface area contributed by atoms with E-state index < -0.39 is 0 Å². The van der Waals surface area contributed by atoms with Crippen LogP contribution >= 0.6 is 45.2 Å². The Morgan fingerprint density at radius 2 is 1.82 bits per heavy atom. The number of rotatable bonds is 5. The molecule has 2 aromatic heterocycles. The molecule has 0 saturated carbocycles. The topological polar surface area (TPSA) is 93.4 Å². The van der Waals surface area contributed by atoms with Crippen molar-refractivity contribution < 1.29 is 9.15 Å². The van der Waals surface area contributed by atoms with Crippen LogP contribution in [-0.4, -0.2) is 22.5 Å². The predicted octanol–water partition coefficient (Wildman–Crippen LogP) is 5.80. The summed E-state index contributed by atoms with van der Waals surface area (Å²) in [6, 6.07) is 22.4. The highest BCUT2D eigenvalue weighted by atomic mass is 127. The van der Waals surface area contributed by atoms with E-state index in [1.165, 1.54) is 4.68 Å². The molecule has 0 fully saturated rings. The number of para-hydroxylation sites is 2. The van der Waals surface area contributed by atoms with Crippen molar-refractivity contribution in [1.29, 1.82) is 5.26 Å². The molecular weight excluding hydrogens is 658 g/mol. The molecule has 0 spiro atoms. The average molecular weight is 672 g/mol. The molecular formula is C25H14I2N4O3. The standard InChI is InChI=1S/C25H14I2N4O3/c26-18-11-15(12-19(27)23(18)33-10-9-28)14-29-31-24(22-13-16-5-1-4-8-21(16)34-22)30-20-7-3-2-6-17(20)25(31)32/h1-8,11-14H,10H2. The fourth-order valence-corrected chi connectivity index (χ4v) is 5.63. The minimum atomic E-state index is -0.296. The first kappa shape index (κ1) is 22.5. The zero-order valence-corrected chi connectivity index (χ0v) is 21.7. The van der Waals surface area contributed by atoms with Crippen LogP contribution in [0.3, 0.4) is 0 Å². The smallest absolute Gasteiger partial charge is 0.282 e. The Labute approximate surface area is 221 Å². The van der Waals surface area contributed by atoms with E-state index >= 15 is 0 Å². The van der Waals surface area contributed by atoms with Gasteiger partial charge in [-0.25, -0.2) is 4.98 Å². The summed E-state index contributed by atoms with van der Waals surface area (Å²) in [6.07, 6.45) is 1.60. The Morgan fingerprint density at radius 3 is 2.59 bits per heavy atom. The zero-order chi connectivity index (χ0) is 23.7. The Bertz CT molecular complexity index is 1630. The van der Waals surface area contributed by atoms with Gasteiger partial charge in [-0.15, -0.1) is 0 Å². The van der Waals surface area contributed by atoms with Crippen LogP contribution in [0.2, 0.25) is 0 Å². The molecule has 166 valence electrons. The quantitative estimate of drug-likeness (QED) is 0.174. The molecule has 0 amide bonds. The van der Waals surface area contributed by atoms with Crippen LogP contribution in [0.15, 0.2) is 81.0 Å². The molecule has 34 heavy (non-hydrogen) atoms. The van der Waals surface area contributed by atoms with Gasteiger partial charge in [-0.3, -0.25) is 4.79 Å². The number of halogens is 2. The minimum Gasteiger partial charge on any atom is -0.477 e. The van der Waals surface area contributed by atoms with Gasteiger partial charge in [0.1, 0.15) is 17.4 Å². The number of nitrogens with zero attached hydrogens (tertiary/aromatic N) is 4. The lowest BCUT2D eigenvalue weighted by atomic mass is 10.2. The molecule has 0 aliphatic heterocycles. The van der Waals surface area contributed by atoms with E-state index in [4.69, 9.17) is 19.4 Å². The van der Waals surface area contributed by atoms with E-state index in [0.717, 1.165) is 18.1 Å². The van der Waals surface area contributed by atoms with E-state index in [1.54, 1.807) is 24.4 Å². The average Bonchev–Trinajstić information content (AvgIpc) is 3.27. The maximum absolute atomic E-state index is 13.4. The molecule has 0 unspecified atom stereocenters. The van der Waals surface area contributed by atoms with Crippen molar-refractivity contribution in [3.63, 3.8) is 0 Å². The normalized spacial score (nSPS) is 11.3. The second-order valence-corrected chi connectivity index (χ2v) is 9.55. The van der Waals surface area contributed by atoms with Gasteiger partial charge in [-0.05, 0) is 87.1 Å². The highest BCUT2D eigenvalue weighted by molar-refractivity contribution is 14.1. The number of furan rings is 1. The Morgan fingerprint density at radius 1 is 1.09 bits per heavy atom. The van der Waals surface area contributed by atoms with E-state index in [2.05, 4.69) is 50.3 Å². The van der Waals surface area contributed by atoms with Gasteiger partial charge in [0.25, 0.3) is 5.56 Å². The van der Waals surface area contributed by atoms with Crippen molar-refractivity contribution in [2.24, 2.45) is 5.10 Å². The van der Waals surface area contributed by atoms with Crippen molar-refractivity contribution in [2.45, 2.75) is 0 Å². The van der Waals surface area contributed by atoms with Crippen molar-refractivity contribution in [3.8, 4) is 23.4 Å². The Balaban J connectivity index is 1.65. The van der Waals surface area contributed by atoms with E-state index in [-0.39, 0.29) is 12.2 Å². The van der Waals surface area contributed by atoms with Crippen LogP contribution < -0.4 is 10.3 Å². The highest BCUT2D eigenvalue weighted by Gasteiger charge is 2.16. The maximum atomic E-state index is 13.4. The summed E-state index contributed by atoms with van der Waals surface area (Å²) in [6.45, 7) is -0.0293. The molecule has 0 aliphatic rings. The third-order valence-electron chi connectivity index (χ3n) is 5.02. The molecule has 3 aromatic carbocycles. The fraction of sp³-hybridized carbons (Fsp3) is 0.0400. The summed E-state index contributed by atoms with van der Waals surface area (Å²) in [5.41, 5.74) is 1.74. The summed E-state index contributed by atoms with van der Waals surface area (Å²) >= 11 is 4.30. The fourth-order valence-electron chi connectivity index (χ4n) is 3.50. The van der Waals surface area contributed by atoms with Crippen LogP contribution in [-0.2, 0) is 0 Å². The van der Waals surface area contributed by atoms with Gasteiger partial charge in [-0.2, -0.15) is 15.0 Å². The molecule has 5 rings (SSSR count). The van der Waals surface area contributed by atoms with Gasteiger partial charge in [0, 0.05) is 5.39 Å². The number of hydrogen-bond acceptors (Lipinski definition) is 6. The lowest BCUT2D eigenvalue weighted by Crippen LogP contribution is -2.20. The lowest BCUT2D eigenvalue weighted by Gasteiger charge is -2.09. The first-order chi connectivity index (χ1) is 16.5.